The number of anilines is 1. The second-order valence-electron chi connectivity index (χ2n) is 3.32. The maximum Gasteiger partial charge on any atom is 0.316 e. The highest BCUT2D eigenvalue weighted by atomic mass is 16.5. The summed E-state index contributed by atoms with van der Waals surface area (Å²) in [5.74, 6) is 0.397. The monoisotopic (exact) mass is 237 g/mol. The van der Waals surface area contributed by atoms with Crippen LogP contribution in [0.4, 0.5) is 10.5 Å². The van der Waals surface area contributed by atoms with Crippen molar-refractivity contribution in [2.75, 3.05) is 18.5 Å². The Morgan fingerprint density at radius 3 is 2.71 bits per heavy atom. The van der Waals surface area contributed by atoms with E-state index in [1.165, 1.54) is 6.92 Å². The van der Waals surface area contributed by atoms with E-state index in [0.717, 1.165) is 0 Å². The topological polar surface area (TPSA) is 93.4 Å². The highest BCUT2D eigenvalue weighted by Gasteiger charge is 2.04. The maximum absolute atomic E-state index is 10.7. The van der Waals surface area contributed by atoms with Crippen LogP contribution in [0.1, 0.15) is 6.92 Å². The second kappa shape index (κ2) is 6.37. The van der Waals surface area contributed by atoms with Gasteiger partial charge in [0.05, 0.1) is 12.2 Å². The van der Waals surface area contributed by atoms with Crippen LogP contribution in [0.5, 0.6) is 5.75 Å². The van der Waals surface area contributed by atoms with E-state index in [0.29, 0.717) is 24.6 Å². The molecule has 0 saturated carbocycles. The summed E-state index contributed by atoms with van der Waals surface area (Å²) in [6.45, 7) is 2.15. The molecule has 4 N–H and O–H groups in total. The molecule has 1 rings (SSSR count). The minimum atomic E-state index is -0.650. The molecule has 0 aliphatic rings. The molecule has 0 heterocycles. The van der Waals surface area contributed by atoms with Gasteiger partial charge in [0.1, 0.15) is 12.4 Å². The Kier molecular flexibility index (Phi) is 4.80. The van der Waals surface area contributed by atoms with Crippen LogP contribution < -0.4 is 21.1 Å². The van der Waals surface area contributed by atoms with Gasteiger partial charge in [-0.2, -0.15) is 0 Å². The third kappa shape index (κ3) is 4.87. The van der Waals surface area contributed by atoms with Crippen LogP contribution in [-0.4, -0.2) is 25.1 Å². The Balaban J connectivity index is 2.51. The molecule has 0 fully saturated rings. The molecule has 17 heavy (non-hydrogen) atoms. The number of benzene rings is 1. The minimum absolute atomic E-state index is 0.114. The third-order valence-electron chi connectivity index (χ3n) is 1.88. The lowest BCUT2D eigenvalue weighted by Gasteiger charge is -2.11. The summed E-state index contributed by atoms with van der Waals surface area (Å²) < 4.78 is 5.40. The molecule has 0 aromatic heterocycles. The number of amides is 3. The maximum atomic E-state index is 10.7. The Labute approximate surface area is 99.1 Å². The molecule has 0 aliphatic heterocycles. The van der Waals surface area contributed by atoms with Gasteiger partial charge < -0.3 is 21.1 Å². The highest BCUT2D eigenvalue weighted by Crippen LogP contribution is 2.23. The van der Waals surface area contributed by atoms with Gasteiger partial charge in [-0.15, -0.1) is 0 Å². The number of rotatable bonds is 5. The second-order valence-corrected chi connectivity index (χ2v) is 3.32. The summed E-state index contributed by atoms with van der Waals surface area (Å²) in [4.78, 5) is 21.4. The number of para-hydroxylation sites is 2. The van der Waals surface area contributed by atoms with Crippen molar-refractivity contribution >= 4 is 17.6 Å². The standard InChI is InChI=1S/C11H15N3O3/c1-8(15)13-6-7-17-10-5-3-2-4-9(10)14-11(12)16/h2-5H,6-7H2,1H3,(H,13,15)(H3,12,14,16). The highest BCUT2D eigenvalue weighted by molar-refractivity contribution is 5.89. The van der Waals surface area contributed by atoms with Gasteiger partial charge in [-0.05, 0) is 12.1 Å². The first-order valence-electron chi connectivity index (χ1n) is 5.12. The average molecular weight is 237 g/mol. The molecule has 92 valence electrons. The zero-order valence-electron chi connectivity index (χ0n) is 9.53. The fraction of sp³-hybridized carbons (Fsp3) is 0.273. The number of carbonyl (C=O) groups excluding carboxylic acids is 2. The molecule has 0 unspecified atom stereocenters. The summed E-state index contributed by atoms with van der Waals surface area (Å²) in [5, 5.41) is 5.05. The number of hydrogen-bond acceptors (Lipinski definition) is 3. The van der Waals surface area contributed by atoms with E-state index in [2.05, 4.69) is 10.6 Å². The lowest BCUT2D eigenvalue weighted by Crippen LogP contribution is -2.25. The van der Waals surface area contributed by atoms with Crippen LogP contribution in [0.3, 0.4) is 0 Å². The van der Waals surface area contributed by atoms with Gasteiger partial charge in [0.25, 0.3) is 0 Å². The molecule has 0 radical (unpaired) electrons. The van der Waals surface area contributed by atoms with Crippen molar-refractivity contribution in [3.63, 3.8) is 0 Å². The van der Waals surface area contributed by atoms with E-state index in [9.17, 15) is 9.59 Å². The SMILES string of the molecule is CC(=O)NCCOc1ccccc1NC(N)=O. The van der Waals surface area contributed by atoms with Gasteiger partial charge in [0, 0.05) is 6.92 Å². The van der Waals surface area contributed by atoms with Crippen molar-refractivity contribution in [3.8, 4) is 5.75 Å². The Bertz CT molecular complexity index is 407. The average Bonchev–Trinajstić information content (AvgIpc) is 2.25. The summed E-state index contributed by atoms with van der Waals surface area (Å²) in [6, 6.07) is 6.27. The summed E-state index contributed by atoms with van der Waals surface area (Å²) in [6.07, 6.45) is 0. The van der Waals surface area contributed by atoms with Crippen LogP contribution >= 0.6 is 0 Å². The van der Waals surface area contributed by atoms with E-state index in [1.54, 1.807) is 24.3 Å². The van der Waals surface area contributed by atoms with Gasteiger partial charge >= 0.3 is 6.03 Å². The van der Waals surface area contributed by atoms with Crippen molar-refractivity contribution < 1.29 is 14.3 Å². The zero-order valence-corrected chi connectivity index (χ0v) is 9.53. The van der Waals surface area contributed by atoms with E-state index in [-0.39, 0.29) is 5.91 Å². The molecule has 1 aromatic rings. The van der Waals surface area contributed by atoms with Crippen molar-refractivity contribution in [1.82, 2.24) is 5.32 Å². The zero-order chi connectivity index (χ0) is 12.7. The fourth-order valence-electron chi connectivity index (χ4n) is 1.22. The van der Waals surface area contributed by atoms with E-state index >= 15 is 0 Å². The summed E-state index contributed by atoms with van der Waals surface area (Å²) >= 11 is 0. The molecular formula is C11H15N3O3. The normalized spacial score (nSPS) is 9.47. The largest absolute Gasteiger partial charge is 0.490 e. The number of nitrogens with two attached hydrogens (primary N) is 1. The number of primary amides is 1. The molecule has 0 spiro atoms. The van der Waals surface area contributed by atoms with Gasteiger partial charge in [-0.1, -0.05) is 12.1 Å². The van der Waals surface area contributed by atoms with Gasteiger partial charge in [-0.25, -0.2) is 4.79 Å². The number of hydrogen-bond donors (Lipinski definition) is 3. The van der Waals surface area contributed by atoms with Crippen molar-refractivity contribution in [1.29, 1.82) is 0 Å². The lowest BCUT2D eigenvalue weighted by atomic mass is 10.3. The number of urea groups is 1. The Morgan fingerprint density at radius 2 is 2.06 bits per heavy atom. The molecule has 3 amide bonds. The van der Waals surface area contributed by atoms with Gasteiger partial charge in [-0.3, -0.25) is 4.79 Å². The van der Waals surface area contributed by atoms with Crippen LogP contribution in [0.15, 0.2) is 24.3 Å². The summed E-state index contributed by atoms with van der Waals surface area (Å²) in [5.41, 5.74) is 5.53. The van der Waals surface area contributed by atoms with Crippen LogP contribution in [0, 0.1) is 0 Å². The first-order chi connectivity index (χ1) is 8.09. The summed E-state index contributed by atoms with van der Waals surface area (Å²) in [7, 11) is 0. The quantitative estimate of drug-likeness (QED) is 0.658. The molecule has 0 atom stereocenters. The number of ether oxygens (including phenoxy) is 1. The van der Waals surface area contributed by atoms with Crippen molar-refractivity contribution in [3.05, 3.63) is 24.3 Å². The molecule has 1 aromatic carbocycles. The van der Waals surface area contributed by atoms with E-state index in [4.69, 9.17) is 10.5 Å². The first kappa shape index (κ1) is 12.8. The van der Waals surface area contributed by atoms with Crippen molar-refractivity contribution in [2.24, 2.45) is 5.73 Å². The van der Waals surface area contributed by atoms with E-state index < -0.39 is 6.03 Å². The molecule has 0 aliphatic carbocycles. The molecular weight excluding hydrogens is 222 g/mol. The smallest absolute Gasteiger partial charge is 0.316 e. The third-order valence-corrected chi connectivity index (χ3v) is 1.88. The van der Waals surface area contributed by atoms with Crippen LogP contribution in [-0.2, 0) is 4.79 Å². The predicted octanol–water partition coefficient (Wildman–Crippen LogP) is 0.692. The molecule has 0 bridgehead atoms. The van der Waals surface area contributed by atoms with E-state index in [1.807, 2.05) is 0 Å². The minimum Gasteiger partial charge on any atom is -0.490 e. The molecule has 6 heteroatoms. The first-order valence-corrected chi connectivity index (χ1v) is 5.12. The van der Waals surface area contributed by atoms with Gasteiger partial charge in [0.2, 0.25) is 5.91 Å². The number of carbonyl (C=O) groups is 2. The fourth-order valence-corrected chi connectivity index (χ4v) is 1.22. The van der Waals surface area contributed by atoms with Crippen LogP contribution in [0.2, 0.25) is 0 Å². The Morgan fingerprint density at radius 1 is 1.35 bits per heavy atom. The van der Waals surface area contributed by atoms with Crippen LogP contribution in [0.25, 0.3) is 0 Å². The lowest BCUT2D eigenvalue weighted by molar-refractivity contribution is -0.119. The molecule has 0 saturated heterocycles. The molecule has 6 nitrogen and oxygen atoms in total. The van der Waals surface area contributed by atoms with Gasteiger partial charge in [0.15, 0.2) is 0 Å². The van der Waals surface area contributed by atoms with Crippen molar-refractivity contribution in [2.45, 2.75) is 6.92 Å². The predicted molar refractivity (Wildman–Crippen MR) is 63.8 cm³/mol. The number of nitrogens with one attached hydrogen (secondary N) is 2. The Hall–Kier alpha value is -2.24.